The van der Waals surface area contributed by atoms with E-state index in [0.717, 1.165) is 17.0 Å². The quantitative estimate of drug-likeness (QED) is 0.816. The number of halogens is 1. The van der Waals surface area contributed by atoms with E-state index in [0.29, 0.717) is 5.92 Å². The Morgan fingerprint density at radius 1 is 1.71 bits per heavy atom. The van der Waals surface area contributed by atoms with E-state index >= 15 is 0 Å². The minimum Gasteiger partial charge on any atom is -0.434 e. The smallest absolute Gasteiger partial charge is 0.196 e. The van der Waals surface area contributed by atoms with Crippen LogP contribution in [0.3, 0.4) is 0 Å². The number of rotatable bonds is 2. The predicted octanol–water partition coefficient (Wildman–Crippen LogP) is 2.32. The summed E-state index contributed by atoms with van der Waals surface area (Å²) in [5.74, 6) is 1.57. The van der Waals surface area contributed by atoms with Crippen molar-refractivity contribution in [1.82, 2.24) is 9.88 Å². The first-order valence-electron chi connectivity index (χ1n) is 5.03. The number of piperidine rings is 1. The highest BCUT2D eigenvalue weighted by atomic mass is 79.9. The van der Waals surface area contributed by atoms with E-state index in [2.05, 4.69) is 32.9 Å². The average molecular weight is 259 g/mol. The van der Waals surface area contributed by atoms with Gasteiger partial charge in [0.25, 0.3) is 0 Å². The summed E-state index contributed by atoms with van der Waals surface area (Å²) in [6.07, 6.45) is 5.28. The van der Waals surface area contributed by atoms with Crippen LogP contribution in [0.25, 0.3) is 0 Å². The van der Waals surface area contributed by atoms with Crippen molar-refractivity contribution < 1.29 is 4.42 Å². The summed E-state index contributed by atoms with van der Waals surface area (Å²) in [5.41, 5.74) is 0. The molecule has 78 valence electrons. The maximum Gasteiger partial charge on any atom is 0.196 e. The van der Waals surface area contributed by atoms with Crippen LogP contribution in [0.2, 0.25) is 0 Å². The molecule has 1 aromatic rings. The van der Waals surface area contributed by atoms with Crippen molar-refractivity contribution in [3.05, 3.63) is 16.8 Å². The summed E-state index contributed by atoms with van der Waals surface area (Å²) in [5, 5.41) is 0. The summed E-state index contributed by atoms with van der Waals surface area (Å²) < 4.78 is 6.14. The van der Waals surface area contributed by atoms with Gasteiger partial charge in [-0.15, -0.1) is 0 Å². The fourth-order valence-electron chi connectivity index (χ4n) is 2.07. The normalized spacial score (nSPS) is 24.0. The number of oxazole rings is 1. The number of likely N-dealkylation sites (tertiary alicyclic amines) is 1. The Balaban J connectivity index is 1.90. The molecule has 0 aromatic carbocycles. The van der Waals surface area contributed by atoms with E-state index in [9.17, 15) is 0 Å². The van der Waals surface area contributed by atoms with Gasteiger partial charge in [0.1, 0.15) is 0 Å². The molecule has 0 aliphatic carbocycles. The van der Waals surface area contributed by atoms with Crippen molar-refractivity contribution in [2.45, 2.75) is 19.3 Å². The summed E-state index contributed by atoms with van der Waals surface area (Å²) in [7, 11) is 2.18. The Bertz CT molecular complexity index is 300. The summed E-state index contributed by atoms with van der Waals surface area (Å²) >= 11 is 3.27. The van der Waals surface area contributed by atoms with Crippen LogP contribution in [0.4, 0.5) is 0 Å². The van der Waals surface area contributed by atoms with Crippen LogP contribution in [-0.2, 0) is 6.42 Å². The molecule has 0 spiro atoms. The molecule has 2 heterocycles. The van der Waals surface area contributed by atoms with Gasteiger partial charge in [0.05, 0.1) is 6.20 Å². The number of hydrogen-bond donors (Lipinski definition) is 0. The zero-order chi connectivity index (χ0) is 9.97. The van der Waals surface area contributed by atoms with Crippen LogP contribution in [0.15, 0.2) is 15.3 Å². The molecule has 0 N–H and O–H groups in total. The van der Waals surface area contributed by atoms with Crippen molar-refractivity contribution in [3.8, 4) is 0 Å². The molecular formula is C10H15BrN2O. The van der Waals surface area contributed by atoms with Crippen LogP contribution >= 0.6 is 15.9 Å². The lowest BCUT2D eigenvalue weighted by Gasteiger charge is -2.28. The molecule has 4 heteroatoms. The highest BCUT2D eigenvalue weighted by Crippen LogP contribution is 2.20. The molecule has 0 radical (unpaired) electrons. The van der Waals surface area contributed by atoms with Gasteiger partial charge in [-0.25, -0.2) is 4.98 Å². The van der Waals surface area contributed by atoms with Crippen molar-refractivity contribution >= 4 is 15.9 Å². The second-order valence-electron chi connectivity index (χ2n) is 4.03. The lowest BCUT2D eigenvalue weighted by Crippen LogP contribution is -2.33. The first kappa shape index (κ1) is 10.2. The Labute approximate surface area is 92.6 Å². The molecule has 1 unspecified atom stereocenters. The fourth-order valence-corrected chi connectivity index (χ4v) is 2.36. The lowest BCUT2D eigenvalue weighted by molar-refractivity contribution is 0.202. The Morgan fingerprint density at radius 2 is 2.57 bits per heavy atom. The van der Waals surface area contributed by atoms with E-state index in [1.54, 1.807) is 6.20 Å². The Hall–Kier alpha value is -0.350. The van der Waals surface area contributed by atoms with E-state index in [1.165, 1.54) is 25.9 Å². The molecule has 0 bridgehead atoms. The lowest BCUT2D eigenvalue weighted by atomic mass is 9.95. The van der Waals surface area contributed by atoms with Gasteiger partial charge in [-0.2, -0.15) is 0 Å². The van der Waals surface area contributed by atoms with Gasteiger partial charge < -0.3 is 9.32 Å². The second kappa shape index (κ2) is 4.45. The molecule has 2 rings (SSSR count). The monoisotopic (exact) mass is 258 g/mol. The first-order chi connectivity index (χ1) is 6.74. The molecule has 0 saturated carbocycles. The number of nitrogens with zero attached hydrogens (tertiary/aromatic N) is 2. The molecule has 14 heavy (non-hydrogen) atoms. The third-order valence-electron chi connectivity index (χ3n) is 2.71. The topological polar surface area (TPSA) is 29.3 Å². The molecule has 3 nitrogen and oxygen atoms in total. The van der Waals surface area contributed by atoms with E-state index in [-0.39, 0.29) is 0 Å². The Morgan fingerprint density at radius 3 is 3.21 bits per heavy atom. The highest BCUT2D eigenvalue weighted by molar-refractivity contribution is 9.10. The predicted molar refractivity (Wildman–Crippen MR) is 58.1 cm³/mol. The molecule has 1 aliphatic heterocycles. The molecule has 1 saturated heterocycles. The van der Waals surface area contributed by atoms with Gasteiger partial charge >= 0.3 is 0 Å². The molecule has 1 fully saturated rings. The van der Waals surface area contributed by atoms with Crippen molar-refractivity contribution in [2.75, 3.05) is 20.1 Å². The van der Waals surface area contributed by atoms with E-state index < -0.39 is 0 Å². The Kier molecular flexibility index (Phi) is 3.23. The van der Waals surface area contributed by atoms with Crippen LogP contribution in [0.5, 0.6) is 0 Å². The number of hydrogen-bond acceptors (Lipinski definition) is 3. The number of aromatic nitrogens is 1. The van der Waals surface area contributed by atoms with Crippen molar-refractivity contribution in [3.63, 3.8) is 0 Å². The maximum absolute atomic E-state index is 5.41. The zero-order valence-corrected chi connectivity index (χ0v) is 9.96. The van der Waals surface area contributed by atoms with Gasteiger partial charge in [0, 0.05) is 13.0 Å². The van der Waals surface area contributed by atoms with E-state index in [1.807, 2.05) is 0 Å². The molecule has 1 atom stereocenters. The van der Waals surface area contributed by atoms with Crippen LogP contribution < -0.4 is 0 Å². The molecule has 1 aliphatic rings. The summed E-state index contributed by atoms with van der Waals surface area (Å²) in [6.45, 7) is 2.39. The SMILES string of the molecule is CN1CCCC(Cc2ncc(Br)o2)C1. The molecular weight excluding hydrogens is 244 g/mol. The largest absolute Gasteiger partial charge is 0.434 e. The summed E-state index contributed by atoms with van der Waals surface area (Å²) in [6, 6.07) is 0. The van der Waals surface area contributed by atoms with Gasteiger partial charge in [0.2, 0.25) is 0 Å². The highest BCUT2D eigenvalue weighted by Gasteiger charge is 2.19. The zero-order valence-electron chi connectivity index (χ0n) is 8.37. The van der Waals surface area contributed by atoms with Gasteiger partial charge in [-0.05, 0) is 48.3 Å². The van der Waals surface area contributed by atoms with E-state index in [4.69, 9.17) is 4.42 Å². The molecule has 0 amide bonds. The third-order valence-corrected chi connectivity index (χ3v) is 3.08. The second-order valence-corrected chi connectivity index (χ2v) is 4.81. The standard InChI is InChI=1S/C10H15BrN2O/c1-13-4-2-3-8(7-13)5-10-12-6-9(11)14-10/h6,8H,2-5,7H2,1H3. The third kappa shape index (κ3) is 2.58. The average Bonchev–Trinajstić information content (AvgIpc) is 2.51. The fraction of sp³-hybridized carbons (Fsp3) is 0.700. The van der Waals surface area contributed by atoms with Gasteiger partial charge in [-0.1, -0.05) is 0 Å². The van der Waals surface area contributed by atoms with Crippen LogP contribution in [-0.4, -0.2) is 30.0 Å². The van der Waals surface area contributed by atoms with Gasteiger partial charge in [-0.3, -0.25) is 0 Å². The van der Waals surface area contributed by atoms with Gasteiger partial charge in [0.15, 0.2) is 10.6 Å². The first-order valence-corrected chi connectivity index (χ1v) is 5.82. The summed E-state index contributed by atoms with van der Waals surface area (Å²) in [4.78, 5) is 6.58. The van der Waals surface area contributed by atoms with Crippen LogP contribution in [0.1, 0.15) is 18.7 Å². The van der Waals surface area contributed by atoms with Crippen molar-refractivity contribution in [1.29, 1.82) is 0 Å². The minimum atomic E-state index is 0.708. The minimum absolute atomic E-state index is 0.708. The van der Waals surface area contributed by atoms with Crippen molar-refractivity contribution in [2.24, 2.45) is 5.92 Å². The maximum atomic E-state index is 5.41. The molecule has 1 aromatic heterocycles. The van der Waals surface area contributed by atoms with Crippen LogP contribution in [0, 0.1) is 5.92 Å².